The first-order chi connectivity index (χ1) is 10.6. The molecule has 118 valence electrons. The zero-order valence-corrected chi connectivity index (χ0v) is 12.9. The first kappa shape index (κ1) is 15.0. The summed E-state index contributed by atoms with van der Waals surface area (Å²) < 4.78 is 5.95. The maximum Gasteiger partial charge on any atom is 0.235 e. The molecule has 2 heterocycles. The quantitative estimate of drug-likeness (QED) is 0.838. The van der Waals surface area contributed by atoms with Gasteiger partial charge in [-0.1, -0.05) is 30.3 Å². The predicted octanol–water partition coefficient (Wildman–Crippen LogP) is 1.29. The molecule has 0 aromatic heterocycles. The summed E-state index contributed by atoms with van der Waals surface area (Å²) in [6.07, 6.45) is 1.51. The van der Waals surface area contributed by atoms with Crippen LogP contribution in [0.15, 0.2) is 30.3 Å². The van der Waals surface area contributed by atoms with Gasteiger partial charge in [-0.25, -0.2) is 0 Å². The van der Waals surface area contributed by atoms with E-state index >= 15 is 0 Å². The molecule has 22 heavy (non-hydrogen) atoms. The maximum absolute atomic E-state index is 12.7. The number of benzene rings is 1. The molecular weight excluding hydrogens is 280 g/mol. The Labute approximate surface area is 130 Å². The minimum Gasteiger partial charge on any atom is -0.367 e. The normalized spacial score (nSPS) is 29.0. The monoisotopic (exact) mass is 302 g/mol. The summed E-state index contributed by atoms with van der Waals surface area (Å²) in [5.41, 5.74) is 0.543. The maximum atomic E-state index is 12.7. The van der Waals surface area contributed by atoms with Crippen LogP contribution in [0.4, 0.5) is 0 Å². The lowest BCUT2D eigenvalue weighted by atomic mass is 9.92. The molecule has 2 unspecified atom stereocenters. The highest BCUT2D eigenvalue weighted by molar-refractivity contribution is 6.00. The molecule has 0 aliphatic carbocycles. The molecule has 0 spiro atoms. The number of carbonyl (C=O) groups excluding carboxylic acids is 2. The van der Waals surface area contributed by atoms with Crippen molar-refractivity contribution in [2.24, 2.45) is 5.92 Å². The van der Waals surface area contributed by atoms with Gasteiger partial charge in [-0.2, -0.15) is 0 Å². The van der Waals surface area contributed by atoms with Crippen LogP contribution < -0.4 is 5.32 Å². The average molecular weight is 302 g/mol. The van der Waals surface area contributed by atoms with Crippen LogP contribution in [0.1, 0.15) is 25.3 Å². The van der Waals surface area contributed by atoms with Crippen molar-refractivity contribution in [2.45, 2.75) is 25.4 Å². The minimum absolute atomic E-state index is 0.0670. The lowest BCUT2D eigenvalue weighted by molar-refractivity contribution is -0.157. The lowest BCUT2D eigenvalue weighted by Crippen LogP contribution is -2.54. The van der Waals surface area contributed by atoms with Gasteiger partial charge in [-0.15, -0.1) is 0 Å². The molecule has 2 fully saturated rings. The largest absolute Gasteiger partial charge is 0.367 e. The highest BCUT2D eigenvalue weighted by Crippen LogP contribution is 2.30. The molecule has 1 N–H and O–H groups in total. The molecule has 2 aliphatic rings. The van der Waals surface area contributed by atoms with Crippen molar-refractivity contribution in [3.63, 3.8) is 0 Å². The summed E-state index contributed by atoms with van der Waals surface area (Å²) in [4.78, 5) is 26.4. The van der Waals surface area contributed by atoms with Crippen molar-refractivity contribution in [3.8, 4) is 0 Å². The van der Waals surface area contributed by atoms with Gasteiger partial charge < -0.3 is 15.0 Å². The average Bonchev–Trinajstić information content (AvgIpc) is 2.56. The van der Waals surface area contributed by atoms with Crippen LogP contribution in [0.3, 0.4) is 0 Å². The van der Waals surface area contributed by atoms with Crippen LogP contribution in [-0.2, 0) is 19.9 Å². The number of amides is 2. The molecule has 0 radical (unpaired) electrons. The summed E-state index contributed by atoms with van der Waals surface area (Å²) >= 11 is 0. The van der Waals surface area contributed by atoms with Gasteiger partial charge in [0.2, 0.25) is 11.8 Å². The second kappa shape index (κ2) is 6.08. The molecule has 2 aliphatic heterocycles. The first-order valence-electron chi connectivity index (χ1n) is 7.86. The fraction of sp³-hybridized carbons (Fsp3) is 0.529. The van der Waals surface area contributed by atoms with E-state index < -0.39 is 11.5 Å². The molecule has 2 amide bonds. The standard InChI is InChI=1S/C17H22N2O3/c1-17(13-6-3-2-4-7-13)12-19(10-11-22-17)16(21)14-8-5-9-18-15(14)20/h2-4,6-7,14H,5,8-12H2,1H3,(H,18,20). The molecule has 2 atom stereocenters. The zero-order valence-electron chi connectivity index (χ0n) is 12.9. The molecule has 2 saturated heterocycles. The van der Waals surface area contributed by atoms with E-state index in [2.05, 4.69) is 5.32 Å². The van der Waals surface area contributed by atoms with E-state index in [-0.39, 0.29) is 11.8 Å². The Kier molecular flexibility index (Phi) is 4.16. The number of nitrogens with zero attached hydrogens (tertiary/aromatic N) is 1. The van der Waals surface area contributed by atoms with Crippen molar-refractivity contribution < 1.29 is 14.3 Å². The van der Waals surface area contributed by atoms with Crippen molar-refractivity contribution in [1.82, 2.24) is 10.2 Å². The van der Waals surface area contributed by atoms with E-state index in [0.29, 0.717) is 32.7 Å². The third-order valence-corrected chi connectivity index (χ3v) is 4.55. The smallest absolute Gasteiger partial charge is 0.235 e. The molecule has 3 rings (SSSR count). The summed E-state index contributed by atoms with van der Waals surface area (Å²) in [5, 5.41) is 2.79. The number of piperidine rings is 1. The van der Waals surface area contributed by atoms with Crippen molar-refractivity contribution in [2.75, 3.05) is 26.2 Å². The summed E-state index contributed by atoms with van der Waals surface area (Å²) in [6.45, 7) is 4.20. The Balaban J connectivity index is 1.75. The SMILES string of the molecule is CC1(c2ccccc2)CN(C(=O)C2CCCNC2=O)CCO1. The van der Waals surface area contributed by atoms with Gasteiger partial charge in [0.05, 0.1) is 13.2 Å². The second-order valence-corrected chi connectivity index (χ2v) is 6.19. The highest BCUT2D eigenvalue weighted by atomic mass is 16.5. The number of rotatable bonds is 2. The van der Waals surface area contributed by atoms with Crippen LogP contribution in [0.25, 0.3) is 0 Å². The fourth-order valence-electron chi connectivity index (χ4n) is 3.25. The molecule has 5 heteroatoms. The lowest BCUT2D eigenvalue weighted by Gasteiger charge is -2.42. The molecule has 5 nitrogen and oxygen atoms in total. The highest BCUT2D eigenvalue weighted by Gasteiger charge is 2.39. The zero-order chi connectivity index (χ0) is 15.6. The molecule has 1 aromatic rings. The second-order valence-electron chi connectivity index (χ2n) is 6.19. The summed E-state index contributed by atoms with van der Waals surface area (Å²) in [5.74, 6) is -0.737. The summed E-state index contributed by atoms with van der Waals surface area (Å²) in [7, 11) is 0. The third-order valence-electron chi connectivity index (χ3n) is 4.55. The molecule has 0 saturated carbocycles. The fourth-order valence-corrected chi connectivity index (χ4v) is 3.25. The van der Waals surface area contributed by atoms with E-state index in [1.807, 2.05) is 37.3 Å². The Morgan fingerprint density at radius 3 is 2.86 bits per heavy atom. The topological polar surface area (TPSA) is 58.6 Å². The molecule has 0 bridgehead atoms. The van der Waals surface area contributed by atoms with Gasteiger partial charge in [0, 0.05) is 13.1 Å². The van der Waals surface area contributed by atoms with Crippen LogP contribution in [0, 0.1) is 5.92 Å². The number of ether oxygens (including phenoxy) is 1. The number of hydrogen-bond acceptors (Lipinski definition) is 3. The van der Waals surface area contributed by atoms with Gasteiger partial charge in [0.1, 0.15) is 11.5 Å². The van der Waals surface area contributed by atoms with Crippen LogP contribution in [0.2, 0.25) is 0 Å². The van der Waals surface area contributed by atoms with E-state index in [1.54, 1.807) is 4.90 Å². The Morgan fingerprint density at radius 2 is 2.14 bits per heavy atom. The number of hydrogen-bond donors (Lipinski definition) is 1. The van der Waals surface area contributed by atoms with Crippen molar-refractivity contribution >= 4 is 11.8 Å². The van der Waals surface area contributed by atoms with E-state index in [4.69, 9.17) is 4.74 Å². The van der Waals surface area contributed by atoms with Crippen molar-refractivity contribution in [1.29, 1.82) is 0 Å². The first-order valence-corrected chi connectivity index (χ1v) is 7.86. The molecular formula is C17H22N2O3. The van der Waals surface area contributed by atoms with Gasteiger partial charge in [-0.05, 0) is 25.3 Å². The Bertz CT molecular complexity index is 560. The minimum atomic E-state index is -0.535. The number of carbonyl (C=O) groups is 2. The van der Waals surface area contributed by atoms with E-state index in [9.17, 15) is 9.59 Å². The van der Waals surface area contributed by atoms with Gasteiger partial charge in [0.15, 0.2) is 0 Å². The van der Waals surface area contributed by atoms with Crippen LogP contribution in [-0.4, -0.2) is 43.0 Å². The predicted molar refractivity (Wildman–Crippen MR) is 82.1 cm³/mol. The van der Waals surface area contributed by atoms with Gasteiger partial charge >= 0.3 is 0 Å². The van der Waals surface area contributed by atoms with Gasteiger partial charge in [-0.3, -0.25) is 9.59 Å². The van der Waals surface area contributed by atoms with Crippen LogP contribution >= 0.6 is 0 Å². The van der Waals surface area contributed by atoms with Crippen molar-refractivity contribution in [3.05, 3.63) is 35.9 Å². The van der Waals surface area contributed by atoms with E-state index in [0.717, 1.165) is 12.0 Å². The third kappa shape index (κ3) is 2.86. The molecule has 1 aromatic carbocycles. The Hall–Kier alpha value is -1.88. The summed E-state index contributed by atoms with van der Waals surface area (Å²) in [6, 6.07) is 9.94. The number of nitrogens with one attached hydrogen (secondary N) is 1. The van der Waals surface area contributed by atoms with E-state index in [1.165, 1.54) is 0 Å². The van der Waals surface area contributed by atoms with Gasteiger partial charge in [0.25, 0.3) is 0 Å². The van der Waals surface area contributed by atoms with Crippen LogP contribution in [0.5, 0.6) is 0 Å². The Morgan fingerprint density at radius 1 is 1.36 bits per heavy atom. The number of morpholine rings is 1.